The van der Waals surface area contributed by atoms with Crippen LogP contribution in [0, 0.1) is 11.3 Å². The van der Waals surface area contributed by atoms with E-state index in [1.807, 2.05) is 20.8 Å². The van der Waals surface area contributed by atoms with Gasteiger partial charge in [-0.2, -0.15) is 0 Å². The van der Waals surface area contributed by atoms with Crippen molar-refractivity contribution in [1.82, 2.24) is 0 Å². The highest BCUT2D eigenvalue weighted by atomic mass is 16.7. The Hall–Kier alpha value is -2.00. The molecule has 0 bridgehead atoms. The highest BCUT2D eigenvalue weighted by Crippen LogP contribution is 2.46. The van der Waals surface area contributed by atoms with E-state index < -0.39 is 48.4 Å². The molecule has 0 N–H and O–H groups in total. The minimum absolute atomic E-state index is 0.0441. The SMILES string of the molecule is CCC(C)(CC)C1C(COC(C)=O)OC(OC)C(OC(=O)CCC(C)=O)C1OC(C)=O. The van der Waals surface area contributed by atoms with E-state index >= 15 is 0 Å². The van der Waals surface area contributed by atoms with Gasteiger partial charge in [-0.25, -0.2) is 0 Å². The summed E-state index contributed by atoms with van der Waals surface area (Å²) in [5, 5.41) is 0. The average molecular weight is 445 g/mol. The van der Waals surface area contributed by atoms with Crippen molar-refractivity contribution < 1.29 is 42.9 Å². The Balaban J connectivity index is 3.36. The van der Waals surface area contributed by atoms with Crippen LogP contribution in [-0.4, -0.2) is 62.0 Å². The molecule has 0 aromatic carbocycles. The molecule has 1 heterocycles. The zero-order valence-corrected chi connectivity index (χ0v) is 19.6. The molecule has 1 saturated heterocycles. The van der Waals surface area contributed by atoms with Gasteiger partial charge in [0.05, 0.1) is 6.42 Å². The number of ether oxygens (including phenoxy) is 5. The van der Waals surface area contributed by atoms with Gasteiger partial charge in [0.25, 0.3) is 0 Å². The number of carbonyl (C=O) groups excluding carboxylic acids is 4. The molecular weight excluding hydrogens is 408 g/mol. The molecule has 0 aliphatic carbocycles. The van der Waals surface area contributed by atoms with E-state index in [0.717, 1.165) is 0 Å². The Bertz CT molecular complexity index is 641. The third kappa shape index (κ3) is 7.57. The van der Waals surface area contributed by atoms with E-state index in [1.54, 1.807) is 0 Å². The molecule has 0 spiro atoms. The van der Waals surface area contributed by atoms with Crippen LogP contribution in [0.4, 0.5) is 0 Å². The molecule has 178 valence electrons. The lowest BCUT2D eigenvalue weighted by Crippen LogP contribution is -2.62. The summed E-state index contributed by atoms with van der Waals surface area (Å²) in [6.45, 7) is 9.95. The zero-order chi connectivity index (χ0) is 23.8. The van der Waals surface area contributed by atoms with Crippen molar-refractivity contribution in [2.75, 3.05) is 13.7 Å². The summed E-state index contributed by atoms with van der Waals surface area (Å²) in [6.07, 6.45) is -2.23. The number of methoxy groups -OCH3 is 1. The van der Waals surface area contributed by atoms with E-state index in [4.69, 9.17) is 23.7 Å². The molecule has 0 aromatic heterocycles. The van der Waals surface area contributed by atoms with E-state index in [1.165, 1.54) is 27.9 Å². The lowest BCUT2D eigenvalue weighted by molar-refractivity contribution is -0.303. The van der Waals surface area contributed by atoms with E-state index in [0.29, 0.717) is 12.8 Å². The molecule has 0 amide bonds. The molecule has 0 radical (unpaired) electrons. The number of carbonyl (C=O) groups is 4. The minimum atomic E-state index is -1.04. The van der Waals surface area contributed by atoms with Crippen LogP contribution in [0.5, 0.6) is 0 Å². The Morgan fingerprint density at radius 1 is 0.903 bits per heavy atom. The quantitative estimate of drug-likeness (QED) is 0.350. The molecule has 5 unspecified atom stereocenters. The van der Waals surface area contributed by atoms with Gasteiger partial charge in [-0.1, -0.05) is 33.6 Å². The van der Waals surface area contributed by atoms with Gasteiger partial charge in [0.15, 0.2) is 12.4 Å². The standard InChI is InChI=1S/C22H36O9/c1-8-22(6,9-2)18-16(12-28-14(4)24)30-21(27-7)20(19(18)29-15(5)25)31-17(26)11-10-13(3)23/h16,18-21H,8-12H2,1-7H3. The van der Waals surface area contributed by atoms with Crippen LogP contribution < -0.4 is 0 Å². The first kappa shape index (κ1) is 27.0. The Morgan fingerprint density at radius 3 is 1.97 bits per heavy atom. The smallest absolute Gasteiger partial charge is 0.306 e. The number of rotatable bonds is 11. The summed E-state index contributed by atoms with van der Waals surface area (Å²) in [6, 6.07) is 0. The van der Waals surface area contributed by atoms with Gasteiger partial charge in [-0.15, -0.1) is 0 Å². The van der Waals surface area contributed by atoms with Gasteiger partial charge in [0.1, 0.15) is 24.6 Å². The summed E-state index contributed by atoms with van der Waals surface area (Å²) >= 11 is 0. The molecule has 5 atom stereocenters. The van der Waals surface area contributed by atoms with Crippen molar-refractivity contribution in [3.05, 3.63) is 0 Å². The molecule has 1 rings (SSSR count). The number of hydrogen-bond donors (Lipinski definition) is 0. The number of hydrogen-bond acceptors (Lipinski definition) is 9. The maximum absolute atomic E-state index is 12.4. The first-order chi connectivity index (χ1) is 14.5. The molecule has 1 fully saturated rings. The lowest BCUT2D eigenvalue weighted by atomic mass is 9.66. The number of Topliss-reactive ketones (excluding diaryl/α,β-unsaturated/α-hetero) is 1. The van der Waals surface area contributed by atoms with Crippen molar-refractivity contribution in [3.63, 3.8) is 0 Å². The Kier molecular flexibility index (Phi) is 10.6. The summed E-state index contributed by atoms with van der Waals surface area (Å²) in [5.41, 5.74) is -0.381. The van der Waals surface area contributed by atoms with Gasteiger partial charge < -0.3 is 28.5 Å². The second kappa shape index (κ2) is 12.1. The second-order valence-corrected chi connectivity index (χ2v) is 8.20. The van der Waals surface area contributed by atoms with Gasteiger partial charge in [-0.3, -0.25) is 14.4 Å². The first-order valence-electron chi connectivity index (χ1n) is 10.7. The molecular formula is C22H36O9. The van der Waals surface area contributed by atoms with E-state index in [9.17, 15) is 19.2 Å². The normalized spacial score (nSPS) is 26.1. The molecule has 9 heteroatoms. The van der Waals surface area contributed by atoms with Crippen molar-refractivity contribution in [2.24, 2.45) is 11.3 Å². The summed E-state index contributed by atoms with van der Waals surface area (Å²) in [5.74, 6) is -2.21. The van der Waals surface area contributed by atoms with Crippen LogP contribution in [0.3, 0.4) is 0 Å². The Morgan fingerprint density at radius 2 is 1.52 bits per heavy atom. The maximum atomic E-state index is 12.4. The fourth-order valence-corrected chi connectivity index (χ4v) is 3.95. The summed E-state index contributed by atoms with van der Waals surface area (Å²) < 4.78 is 28.0. The molecule has 0 saturated carbocycles. The highest BCUT2D eigenvalue weighted by Gasteiger charge is 2.55. The first-order valence-corrected chi connectivity index (χ1v) is 10.7. The van der Waals surface area contributed by atoms with Crippen LogP contribution >= 0.6 is 0 Å². The Labute approximate surface area is 184 Å². The van der Waals surface area contributed by atoms with Crippen LogP contribution in [0.2, 0.25) is 0 Å². The van der Waals surface area contributed by atoms with E-state index in [2.05, 4.69) is 0 Å². The maximum Gasteiger partial charge on any atom is 0.306 e. The van der Waals surface area contributed by atoms with Crippen molar-refractivity contribution >= 4 is 23.7 Å². The van der Waals surface area contributed by atoms with Crippen LogP contribution in [-0.2, 0) is 42.9 Å². The van der Waals surface area contributed by atoms with Crippen molar-refractivity contribution in [3.8, 4) is 0 Å². The molecule has 31 heavy (non-hydrogen) atoms. The van der Waals surface area contributed by atoms with Gasteiger partial charge in [-0.05, 0) is 12.3 Å². The summed E-state index contributed by atoms with van der Waals surface area (Å²) in [7, 11) is 1.38. The van der Waals surface area contributed by atoms with E-state index in [-0.39, 0.29) is 30.6 Å². The molecule has 1 aliphatic rings. The fraction of sp³-hybridized carbons (Fsp3) is 0.818. The van der Waals surface area contributed by atoms with Gasteiger partial charge >= 0.3 is 17.9 Å². The number of esters is 3. The van der Waals surface area contributed by atoms with Crippen LogP contribution in [0.25, 0.3) is 0 Å². The monoisotopic (exact) mass is 444 g/mol. The zero-order valence-electron chi connectivity index (χ0n) is 19.6. The van der Waals surface area contributed by atoms with Gasteiger partial charge in [0, 0.05) is 33.3 Å². The second-order valence-electron chi connectivity index (χ2n) is 8.20. The molecule has 0 aromatic rings. The third-order valence-corrected chi connectivity index (χ3v) is 6.01. The highest BCUT2D eigenvalue weighted by molar-refractivity contribution is 5.81. The average Bonchev–Trinajstić information content (AvgIpc) is 2.70. The number of ketones is 1. The predicted molar refractivity (Wildman–Crippen MR) is 110 cm³/mol. The van der Waals surface area contributed by atoms with Crippen LogP contribution in [0.1, 0.15) is 67.2 Å². The molecule has 1 aliphatic heterocycles. The lowest BCUT2D eigenvalue weighted by Gasteiger charge is -2.51. The third-order valence-electron chi connectivity index (χ3n) is 6.01. The molecule has 9 nitrogen and oxygen atoms in total. The van der Waals surface area contributed by atoms with Gasteiger partial charge in [0.2, 0.25) is 0 Å². The van der Waals surface area contributed by atoms with Crippen LogP contribution in [0.15, 0.2) is 0 Å². The fourth-order valence-electron chi connectivity index (χ4n) is 3.95. The minimum Gasteiger partial charge on any atom is -0.463 e. The summed E-state index contributed by atoms with van der Waals surface area (Å²) in [4.78, 5) is 47.1. The predicted octanol–water partition coefficient (Wildman–Crippen LogP) is 2.58. The van der Waals surface area contributed by atoms with Crippen molar-refractivity contribution in [2.45, 2.75) is 91.8 Å². The largest absolute Gasteiger partial charge is 0.463 e. The topological polar surface area (TPSA) is 114 Å². The van der Waals surface area contributed by atoms with Crippen molar-refractivity contribution in [1.29, 1.82) is 0 Å².